The molecule has 0 spiro atoms. The highest BCUT2D eigenvalue weighted by Crippen LogP contribution is 2.12. The summed E-state index contributed by atoms with van der Waals surface area (Å²) in [4.78, 5) is 4.27. The van der Waals surface area contributed by atoms with E-state index in [-0.39, 0.29) is 0 Å². The van der Waals surface area contributed by atoms with Crippen molar-refractivity contribution in [2.24, 2.45) is 5.73 Å². The molecule has 0 aromatic carbocycles. The number of imidazole rings is 1. The van der Waals surface area contributed by atoms with Crippen molar-refractivity contribution in [3.05, 3.63) is 41.9 Å². The van der Waals surface area contributed by atoms with Crippen LogP contribution in [0.15, 0.2) is 29.1 Å². The standard InChI is InChI=1S/C11H15N3O/c1-2-11-13-4-5-14(11)8-9-3-6-15-10(9)7-12/h3-6H,2,7-8,12H2,1H3. The van der Waals surface area contributed by atoms with Crippen LogP contribution in [-0.4, -0.2) is 9.55 Å². The van der Waals surface area contributed by atoms with Gasteiger partial charge in [-0.1, -0.05) is 6.92 Å². The molecule has 0 bridgehead atoms. The van der Waals surface area contributed by atoms with E-state index < -0.39 is 0 Å². The molecule has 0 unspecified atom stereocenters. The van der Waals surface area contributed by atoms with E-state index >= 15 is 0 Å². The average molecular weight is 205 g/mol. The molecule has 80 valence electrons. The van der Waals surface area contributed by atoms with Gasteiger partial charge in [0.25, 0.3) is 0 Å². The fourth-order valence-corrected chi connectivity index (χ4v) is 1.67. The summed E-state index contributed by atoms with van der Waals surface area (Å²) in [5, 5.41) is 0. The largest absolute Gasteiger partial charge is 0.468 e. The fraction of sp³-hybridized carbons (Fsp3) is 0.364. The van der Waals surface area contributed by atoms with Crippen LogP contribution >= 0.6 is 0 Å². The minimum absolute atomic E-state index is 0.443. The van der Waals surface area contributed by atoms with Crippen LogP contribution in [0.2, 0.25) is 0 Å². The average Bonchev–Trinajstić information content (AvgIpc) is 2.87. The van der Waals surface area contributed by atoms with Crippen molar-refractivity contribution in [1.29, 1.82) is 0 Å². The Morgan fingerprint density at radius 2 is 2.40 bits per heavy atom. The van der Waals surface area contributed by atoms with Crippen LogP contribution in [0.1, 0.15) is 24.1 Å². The molecule has 2 N–H and O–H groups in total. The second-order valence-electron chi connectivity index (χ2n) is 3.40. The van der Waals surface area contributed by atoms with E-state index in [9.17, 15) is 0 Å². The van der Waals surface area contributed by atoms with Crippen LogP contribution in [0.3, 0.4) is 0 Å². The van der Waals surface area contributed by atoms with Gasteiger partial charge in [-0.05, 0) is 6.07 Å². The molecule has 0 saturated heterocycles. The van der Waals surface area contributed by atoms with Gasteiger partial charge < -0.3 is 14.7 Å². The number of hydrogen-bond acceptors (Lipinski definition) is 3. The van der Waals surface area contributed by atoms with Crippen molar-refractivity contribution in [2.75, 3.05) is 0 Å². The molecule has 4 nitrogen and oxygen atoms in total. The number of rotatable bonds is 4. The van der Waals surface area contributed by atoms with Crippen LogP contribution in [0.5, 0.6) is 0 Å². The lowest BCUT2D eigenvalue weighted by molar-refractivity contribution is 0.505. The Hall–Kier alpha value is -1.55. The third kappa shape index (κ3) is 1.94. The molecule has 0 radical (unpaired) electrons. The molecule has 2 aromatic heterocycles. The van der Waals surface area contributed by atoms with E-state index in [0.717, 1.165) is 30.1 Å². The smallest absolute Gasteiger partial charge is 0.122 e. The van der Waals surface area contributed by atoms with Gasteiger partial charge in [0.05, 0.1) is 19.4 Å². The SMILES string of the molecule is CCc1nccn1Cc1ccoc1CN. The predicted octanol–water partition coefficient (Wildman–Crippen LogP) is 1.55. The molecule has 2 aromatic rings. The van der Waals surface area contributed by atoms with Crippen molar-refractivity contribution in [1.82, 2.24) is 9.55 Å². The second kappa shape index (κ2) is 4.31. The first kappa shape index (κ1) is 9.98. The van der Waals surface area contributed by atoms with Gasteiger partial charge in [0, 0.05) is 24.4 Å². The van der Waals surface area contributed by atoms with Crippen molar-refractivity contribution < 1.29 is 4.42 Å². The fourth-order valence-electron chi connectivity index (χ4n) is 1.67. The Bertz CT molecular complexity index is 390. The van der Waals surface area contributed by atoms with E-state index in [1.165, 1.54) is 0 Å². The van der Waals surface area contributed by atoms with Crippen LogP contribution in [-0.2, 0) is 19.5 Å². The first-order chi connectivity index (χ1) is 7.35. The highest BCUT2D eigenvalue weighted by atomic mass is 16.3. The van der Waals surface area contributed by atoms with Crippen LogP contribution in [0.4, 0.5) is 0 Å². The molecule has 15 heavy (non-hydrogen) atoms. The molecule has 2 heterocycles. The maximum absolute atomic E-state index is 5.58. The number of nitrogens with two attached hydrogens (primary N) is 1. The quantitative estimate of drug-likeness (QED) is 0.823. The molecular formula is C11H15N3O. The molecule has 0 atom stereocenters. The molecule has 0 aliphatic carbocycles. The number of furan rings is 1. The summed E-state index contributed by atoms with van der Waals surface area (Å²) in [5.74, 6) is 1.94. The zero-order valence-corrected chi connectivity index (χ0v) is 8.81. The Morgan fingerprint density at radius 1 is 1.53 bits per heavy atom. The zero-order chi connectivity index (χ0) is 10.7. The first-order valence-electron chi connectivity index (χ1n) is 5.10. The van der Waals surface area contributed by atoms with Crippen LogP contribution in [0, 0.1) is 0 Å². The molecule has 0 amide bonds. The van der Waals surface area contributed by atoms with E-state index in [1.807, 2.05) is 18.5 Å². The van der Waals surface area contributed by atoms with Crippen LogP contribution in [0.25, 0.3) is 0 Å². The topological polar surface area (TPSA) is 57.0 Å². The van der Waals surface area contributed by atoms with Crippen molar-refractivity contribution in [3.63, 3.8) is 0 Å². The lowest BCUT2D eigenvalue weighted by Crippen LogP contribution is -2.06. The van der Waals surface area contributed by atoms with Crippen molar-refractivity contribution in [3.8, 4) is 0 Å². The van der Waals surface area contributed by atoms with Gasteiger partial charge in [-0.2, -0.15) is 0 Å². The van der Waals surface area contributed by atoms with E-state index in [2.05, 4.69) is 16.5 Å². The van der Waals surface area contributed by atoms with Gasteiger partial charge >= 0.3 is 0 Å². The molecule has 0 fully saturated rings. The summed E-state index contributed by atoms with van der Waals surface area (Å²) in [6.07, 6.45) is 6.41. The molecule has 2 rings (SSSR count). The summed E-state index contributed by atoms with van der Waals surface area (Å²) in [6, 6.07) is 1.96. The molecule has 0 aliphatic heterocycles. The normalized spacial score (nSPS) is 10.8. The third-order valence-corrected chi connectivity index (χ3v) is 2.48. The Kier molecular flexibility index (Phi) is 2.87. The number of nitrogens with zero attached hydrogens (tertiary/aromatic N) is 2. The first-order valence-corrected chi connectivity index (χ1v) is 5.10. The Balaban J connectivity index is 2.21. The summed E-state index contributed by atoms with van der Waals surface area (Å²) in [7, 11) is 0. The Morgan fingerprint density at radius 3 is 3.13 bits per heavy atom. The van der Waals surface area contributed by atoms with Gasteiger partial charge in [-0.25, -0.2) is 4.98 Å². The lowest BCUT2D eigenvalue weighted by atomic mass is 10.2. The number of hydrogen-bond donors (Lipinski definition) is 1. The second-order valence-corrected chi connectivity index (χ2v) is 3.40. The van der Waals surface area contributed by atoms with Gasteiger partial charge in [-0.15, -0.1) is 0 Å². The minimum atomic E-state index is 0.443. The molecular weight excluding hydrogens is 190 g/mol. The van der Waals surface area contributed by atoms with Crippen molar-refractivity contribution in [2.45, 2.75) is 26.4 Å². The minimum Gasteiger partial charge on any atom is -0.468 e. The Labute approximate surface area is 88.7 Å². The van der Waals surface area contributed by atoms with Gasteiger partial charge in [0.1, 0.15) is 11.6 Å². The monoisotopic (exact) mass is 205 g/mol. The molecule has 0 saturated carbocycles. The summed E-state index contributed by atoms with van der Waals surface area (Å²) < 4.78 is 7.39. The zero-order valence-electron chi connectivity index (χ0n) is 8.81. The number of aromatic nitrogens is 2. The van der Waals surface area contributed by atoms with Crippen LogP contribution < -0.4 is 5.73 Å². The predicted molar refractivity (Wildman–Crippen MR) is 57.3 cm³/mol. The van der Waals surface area contributed by atoms with E-state index in [4.69, 9.17) is 10.2 Å². The summed E-state index contributed by atoms with van der Waals surface area (Å²) in [6.45, 7) is 3.32. The van der Waals surface area contributed by atoms with Crippen molar-refractivity contribution >= 4 is 0 Å². The van der Waals surface area contributed by atoms with E-state index in [0.29, 0.717) is 6.54 Å². The van der Waals surface area contributed by atoms with Gasteiger partial charge in [-0.3, -0.25) is 0 Å². The maximum Gasteiger partial charge on any atom is 0.122 e. The highest BCUT2D eigenvalue weighted by molar-refractivity contribution is 5.18. The lowest BCUT2D eigenvalue weighted by Gasteiger charge is -2.05. The summed E-state index contributed by atoms with van der Waals surface area (Å²) >= 11 is 0. The maximum atomic E-state index is 5.58. The van der Waals surface area contributed by atoms with Gasteiger partial charge in [0.15, 0.2) is 0 Å². The van der Waals surface area contributed by atoms with Gasteiger partial charge in [0.2, 0.25) is 0 Å². The molecule has 0 aliphatic rings. The number of aryl methyl sites for hydroxylation is 1. The molecule has 4 heteroatoms. The third-order valence-electron chi connectivity index (χ3n) is 2.48. The summed E-state index contributed by atoms with van der Waals surface area (Å²) in [5.41, 5.74) is 6.71. The van der Waals surface area contributed by atoms with E-state index in [1.54, 1.807) is 6.26 Å². The highest BCUT2D eigenvalue weighted by Gasteiger charge is 2.07.